The van der Waals surface area contributed by atoms with E-state index in [4.69, 9.17) is 23.2 Å². The number of alkyl halides is 3. The summed E-state index contributed by atoms with van der Waals surface area (Å²) in [7, 11) is 0. The Hall–Kier alpha value is -3.24. The Morgan fingerprint density at radius 2 is 1.58 bits per heavy atom. The summed E-state index contributed by atoms with van der Waals surface area (Å²) in [6.07, 6.45) is -1.97. The predicted molar refractivity (Wildman–Crippen MR) is 164 cm³/mol. The van der Waals surface area contributed by atoms with E-state index in [2.05, 4.69) is 42.6 Å². The number of carbonyl (C=O) groups is 1. The Balaban J connectivity index is 1.32. The molecule has 1 fully saturated rings. The molecule has 2 heterocycles. The first-order valence-corrected chi connectivity index (χ1v) is 14.9. The lowest BCUT2D eigenvalue weighted by atomic mass is 10.0. The number of hydrogen-bond acceptors (Lipinski definition) is 4. The van der Waals surface area contributed by atoms with Crippen LogP contribution >= 0.6 is 23.2 Å². The average Bonchev–Trinajstić information content (AvgIpc) is 3.31. The lowest BCUT2D eigenvalue weighted by Gasteiger charge is -2.35. The van der Waals surface area contributed by atoms with Gasteiger partial charge >= 0.3 is 6.36 Å². The molecule has 3 aromatic carbocycles. The molecule has 0 aliphatic carbocycles. The average molecular weight is 634 g/mol. The maximum atomic E-state index is 12.7. The SMILES string of the molecule is CC(=O)NCCCn1cc(-c2ccc(OC(F)(F)F)cc2)c2cc(CN3CCN(Cc4c(Cl)cccc4Cl)CC3)ccc21. The fourth-order valence-electron chi connectivity index (χ4n) is 5.48. The van der Waals surface area contributed by atoms with Gasteiger partial charge in [-0.25, -0.2) is 0 Å². The monoisotopic (exact) mass is 632 g/mol. The molecule has 0 saturated carbocycles. The molecule has 6 nitrogen and oxygen atoms in total. The number of rotatable bonds is 10. The van der Waals surface area contributed by atoms with Crippen molar-refractivity contribution in [2.45, 2.75) is 39.3 Å². The van der Waals surface area contributed by atoms with Gasteiger partial charge < -0.3 is 14.6 Å². The quantitative estimate of drug-likeness (QED) is 0.186. The molecule has 0 unspecified atom stereocenters. The van der Waals surface area contributed by atoms with Gasteiger partial charge in [-0.05, 0) is 53.9 Å². The minimum absolute atomic E-state index is 0.0719. The number of halogens is 5. The van der Waals surface area contributed by atoms with Crippen LogP contribution in [0.2, 0.25) is 10.0 Å². The summed E-state index contributed by atoms with van der Waals surface area (Å²) < 4.78 is 44.3. The second-order valence-electron chi connectivity index (χ2n) is 10.7. The summed E-state index contributed by atoms with van der Waals surface area (Å²) in [6.45, 7) is 7.81. The Bertz CT molecular complexity index is 1550. The minimum atomic E-state index is -4.74. The number of nitrogens with one attached hydrogen (secondary N) is 1. The first-order chi connectivity index (χ1) is 20.6. The second-order valence-corrected chi connectivity index (χ2v) is 11.6. The minimum Gasteiger partial charge on any atom is -0.406 e. The van der Waals surface area contributed by atoms with E-state index in [1.807, 2.05) is 24.4 Å². The molecule has 0 atom stereocenters. The van der Waals surface area contributed by atoms with E-state index in [0.29, 0.717) is 29.7 Å². The number of aromatic nitrogens is 1. The fourth-order valence-corrected chi connectivity index (χ4v) is 6.00. The zero-order valence-electron chi connectivity index (χ0n) is 23.8. The number of hydrogen-bond donors (Lipinski definition) is 1. The Morgan fingerprint density at radius 1 is 0.930 bits per heavy atom. The zero-order valence-corrected chi connectivity index (χ0v) is 25.3. The van der Waals surface area contributed by atoms with Gasteiger partial charge in [0.25, 0.3) is 0 Å². The number of ether oxygens (including phenoxy) is 1. The van der Waals surface area contributed by atoms with Gasteiger partial charge in [0.15, 0.2) is 0 Å². The highest BCUT2D eigenvalue weighted by Crippen LogP contribution is 2.34. The van der Waals surface area contributed by atoms with Crippen LogP contribution in [0.4, 0.5) is 13.2 Å². The number of carbonyl (C=O) groups excluding carboxylic acids is 1. The lowest BCUT2D eigenvalue weighted by Crippen LogP contribution is -2.45. The van der Waals surface area contributed by atoms with Crippen LogP contribution < -0.4 is 10.1 Å². The van der Waals surface area contributed by atoms with Gasteiger partial charge in [-0.3, -0.25) is 14.6 Å². The van der Waals surface area contributed by atoms with E-state index in [-0.39, 0.29) is 11.7 Å². The number of benzene rings is 3. The van der Waals surface area contributed by atoms with Crippen molar-refractivity contribution in [2.24, 2.45) is 0 Å². The van der Waals surface area contributed by atoms with Crippen LogP contribution in [0.25, 0.3) is 22.0 Å². The van der Waals surface area contributed by atoms with E-state index >= 15 is 0 Å². The molecule has 1 aromatic heterocycles. The molecule has 1 aliphatic heterocycles. The summed E-state index contributed by atoms with van der Waals surface area (Å²) in [6, 6.07) is 18.0. The van der Waals surface area contributed by atoms with Crippen molar-refractivity contribution in [3.05, 3.63) is 88.0 Å². The fraction of sp³-hybridized carbons (Fsp3) is 0.344. The van der Waals surface area contributed by atoms with Gasteiger partial charge in [0.05, 0.1) is 0 Å². The highest BCUT2D eigenvalue weighted by Gasteiger charge is 2.31. The van der Waals surface area contributed by atoms with E-state index in [1.165, 1.54) is 19.1 Å². The molecule has 0 radical (unpaired) electrons. The number of piperazine rings is 1. The van der Waals surface area contributed by atoms with E-state index in [0.717, 1.165) is 72.3 Å². The van der Waals surface area contributed by atoms with Crippen molar-refractivity contribution >= 4 is 40.0 Å². The predicted octanol–water partition coefficient (Wildman–Crippen LogP) is 7.36. The maximum absolute atomic E-state index is 12.7. The highest BCUT2D eigenvalue weighted by atomic mass is 35.5. The van der Waals surface area contributed by atoms with E-state index in [9.17, 15) is 18.0 Å². The van der Waals surface area contributed by atoms with Crippen molar-refractivity contribution in [3.8, 4) is 16.9 Å². The molecule has 0 spiro atoms. The summed E-state index contributed by atoms with van der Waals surface area (Å²) in [5.41, 5.74) is 4.86. The number of amides is 1. The molecule has 1 N–H and O–H groups in total. The Labute approximate surface area is 258 Å². The van der Waals surface area contributed by atoms with Crippen LogP contribution in [0.1, 0.15) is 24.5 Å². The molecule has 43 heavy (non-hydrogen) atoms. The van der Waals surface area contributed by atoms with Gasteiger partial charge in [-0.15, -0.1) is 13.2 Å². The van der Waals surface area contributed by atoms with Gasteiger partial charge in [0.1, 0.15) is 5.75 Å². The van der Waals surface area contributed by atoms with Gasteiger partial charge in [0, 0.05) is 97.6 Å². The van der Waals surface area contributed by atoms with Crippen molar-refractivity contribution in [1.82, 2.24) is 19.7 Å². The summed E-state index contributed by atoms with van der Waals surface area (Å²) in [5, 5.41) is 5.21. The Morgan fingerprint density at radius 3 is 2.21 bits per heavy atom. The van der Waals surface area contributed by atoms with Crippen molar-refractivity contribution in [1.29, 1.82) is 0 Å². The van der Waals surface area contributed by atoms with Crippen molar-refractivity contribution in [2.75, 3.05) is 32.7 Å². The van der Waals surface area contributed by atoms with Crippen LogP contribution in [0.3, 0.4) is 0 Å². The summed E-state index contributed by atoms with van der Waals surface area (Å²) >= 11 is 12.8. The third kappa shape index (κ3) is 8.23. The van der Waals surface area contributed by atoms with Crippen LogP contribution in [0, 0.1) is 0 Å². The number of nitrogens with zero attached hydrogens (tertiary/aromatic N) is 3. The van der Waals surface area contributed by atoms with E-state index < -0.39 is 6.36 Å². The molecule has 1 aliphatic rings. The third-order valence-corrected chi connectivity index (χ3v) is 8.32. The molecule has 1 saturated heterocycles. The maximum Gasteiger partial charge on any atom is 0.573 e. The number of fused-ring (bicyclic) bond motifs is 1. The smallest absolute Gasteiger partial charge is 0.406 e. The van der Waals surface area contributed by atoms with E-state index in [1.54, 1.807) is 12.1 Å². The normalized spacial score (nSPS) is 14.7. The van der Waals surface area contributed by atoms with Crippen LogP contribution in [0.15, 0.2) is 66.9 Å². The van der Waals surface area contributed by atoms with Gasteiger partial charge in [0.2, 0.25) is 5.91 Å². The molecule has 11 heteroatoms. The van der Waals surface area contributed by atoms with Gasteiger partial charge in [-0.2, -0.15) is 0 Å². The standard InChI is InChI=1S/C32H33Cl2F3N4O2/c1-22(42)38-12-3-13-41-21-27(24-7-9-25(10-8-24)43-32(35,36)37)26-18-23(6-11-31(26)41)19-39-14-16-40(17-15-39)20-28-29(33)4-2-5-30(28)34/h2,4-11,18,21H,3,12-17,19-20H2,1H3,(H,38,42). The first-order valence-electron chi connectivity index (χ1n) is 14.2. The highest BCUT2D eigenvalue weighted by molar-refractivity contribution is 6.35. The molecular formula is C32H33Cl2F3N4O2. The largest absolute Gasteiger partial charge is 0.573 e. The third-order valence-electron chi connectivity index (χ3n) is 7.61. The number of aryl methyl sites for hydroxylation is 1. The second kappa shape index (κ2) is 13.6. The van der Waals surface area contributed by atoms with Crippen molar-refractivity contribution in [3.63, 3.8) is 0 Å². The van der Waals surface area contributed by atoms with Crippen LogP contribution in [0.5, 0.6) is 5.75 Å². The molecule has 4 aromatic rings. The van der Waals surface area contributed by atoms with Crippen LogP contribution in [-0.4, -0.2) is 59.4 Å². The zero-order chi connectivity index (χ0) is 30.6. The molecule has 1 amide bonds. The lowest BCUT2D eigenvalue weighted by molar-refractivity contribution is -0.274. The molecule has 0 bridgehead atoms. The molecule has 228 valence electrons. The molecular weight excluding hydrogens is 600 g/mol. The van der Waals surface area contributed by atoms with Gasteiger partial charge in [-0.1, -0.05) is 47.5 Å². The summed E-state index contributed by atoms with van der Waals surface area (Å²) in [5.74, 6) is -0.329. The Kier molecular flexibility index (Phi) is 9.86. The summed E-state index contributed by atoms with van der Waals surface area (Å²) in [4.78, 5) is 16.1. The van der Waals surface area contributed by atoms with Crippen molar-refractivity contribution < 1.29 is 22.7 Å². The first kappa shape index (κ1) is 31.2. The molecule has 5 rings (SSSR count). The van der Waals surface area contributed by atoms with Crippen LogP contribution in [-0.2, 0) is 24.4 Å². The topological polar surface area (TPSA) is 49.7 Å².